The smallest absolute Gasteiger partial charge is 0.407 e. The van der Waals surface area contributed by atoms with Gasteiger partial charge in [0.05, 0.1) is 24.0 Å². The summed E-state index contributed by atoms with van der Waals surface area (Å²) in [7, 11) is -3.40. The Hall–Kier alpha value is -2.98. The van der Waals surface area contributed by atoms with Crippen LogP contribution < -0.4 is 16.2 Å². The molecule has 3 N–H and O–H groups in total. The molecule has 1 aromatic carbocycles. The maximum atomic E-state index is 12.7. The number of carbonyl (C=O) groups excluding carboxylic acids is 1. The highest BCUT2D eigenvalue weighted by atomic mass is 32.2. The van der Waals surface area contributed by atoms with Gasteiger partial charge >= 0.3 is 5.76 Å². The van der Waals surface area contributed by atoms with Crippen molar-refractivity contribution in [1.82, 2.24) is 14.3 Å². The van der Waals surface area contributed by atoms with Gasteiger partial charge < -0.3 is 10.2 Å². The number of hydrogen-bond acceptors (Lipinski definition) is 7. The minimum absolute atomic E-state index is 0.0719. The van der Waals surface area contributed by atoms with Crippen molar-refractivity contribution in [2.45, 2.75) is 6.54 Å². The van der Waals surface area contributed by atoms with Crippen molar-refractivity contribution in [1.29, 1.82) is 0 Å². The Morgan fingerprint density at radius 2 is 2.08 bits per heavy atom. The summed E-state index contributed by atoms with van der Waals surface area (Å²) in [5.74, 6) is -1.45. The van der Waals surface area contributed by atoms with Crippen LogP contribution >= 0.6 is 0 Å². The van der Waals surface area contributed by atoms with Gasteiger partial charge in [0.25, 0.3) is 5.91 Å². The van der Waals surface area contributed by atoms with Crippen LogP contribution in [0.4, 0.5) is 5.69 Å². The number of oxazole rings is 1. The van der Waals surface area contributed by atoms with E-state index in [4.69, 9.17) is 10.2 Å². The lowest BCUT2D eigenvalue weighted by Gasteiger charge is -2.05. The van der Waals surface area contributed by atoms with Crippen molar-refractivity contribution in [3.05, 3.63) is 58.3 Å². The zero-order valence-electron chi connectivity index (χ0n) is 13.1. The molecule has 130 valence electrons. The molecular formula is C15H14N4O5S. The van der Waals surface area contributed by atoms with Gasteiger partial charge in [-0.15, -0.1) is 0 Å². The quantitative estimate of drug-likeness (QED) is 0.637. The summed E-state index contributed by atoms with van der Waals surface area (Å²) in [6, 6.07) is 7.35. The van der Waals surface area contributed by atoms with Gasteiger partial charge in [-0.1, -0.05) is 0 Å². The number of nitrogens with zero attached hydrogens (tertiary/aromatic N) is 2. The van der Waals surface area contributed by atoms with Crippen LogP contribution in [0.1, 0.15) is 16.1 Å². The van der Waals surface area contributed by atoms with E-state index >= 15 is 0 Å². The predicted octanol–water partition coefficient (Wildman–Crippen LogP) is 0.309. The number of anilines is 1. The van der Waals surface area contributed by atoms with Crippen LogP contribution in [0.15, 0.2) is 45.7 Å². The topological polar surface area (TPSA) is 137 Å². The Bertz CT molecular complexity index is 1130. The summed E-state index contributed by atoms with van der Waals surface area (Å²) in [4.78, 5) is 28.7. The lowest BCUT2D eigenvalue weighted by molar-refractivity contribution is 0.0956. The van der Waals surface area contributed by atoms with Crippen molar-refractivity contribution in [3.8, 4) is 0 Å². The molecule has 3 aromatic rings. The third-order valence-electron chi connectivity index (χ3n) is 3.39. The van der Waals surface area contributed by atoms with Crippen molar-refractivity contribution < 1.29 is 17.6 Å². The molecule has 25 heavy (non-hydrogen) atoms. The Balaban J connectivity index is 1.99. The summed E-state index contributed by atoms with van der Waals surface area (Å²) in [5, 5.41) is 0. The monoisotopic (exact) mass is 362 g/mol. The first-order chi connectivity index (χ1) is 11.7. The van der Waals surface area contributed by atoms with E-state index in [1.54, 1.807) is 6.07 Å². The van der Waals surface area contributed by atoms with E-state index in [0.717, 1.165) is 10.8 Å². The van der Waals surface area contributed by atoms with E-state index in [1.807, 2.05) is 0 Å². The molecule has 0 atom stereocenters. The lowest BCUT2D eigenvalue weighted by Crippen LogP contribution is -2.24. The standard InChI is InChI=1S/C15H14N4O5S/c1-25(22,23)18-8-11-6-9(4-5-17-11)14(20)19-12-3-2-10(16)7-13(12)24-15(19)21/h2-7,18H,8,16H2,1H3. The summed E-state index contributed by atoms with van der Waals surface area (Å²) in [6.45, 7) is -0.0719. The molecule has 0 spiro atoms. The van der Waals surface area contributed by atoms with Crippen LogP contribution in [0.5, 0.6) is 0 Å². The Morgan fingerprint density at radius 3 is 2.80 bits per heavy atom. The van der Waals surface area contributed by atoms with Gasteiger partial charge in [0, 0.05) is 23.5 Å². The van der Waals surface area contributed by atoms with E-state index in [2.05, 4.69) is 9.71 Å². The molecule has 0 radical (unpaired) electrons. The van der Waals surface area contributed by atoms with Gasteiger partial charge in [0.1, 0.15) is 0 Å². The largest absolute Gasteiger partial charge is 0.427 e. The highest BCUT2D eigenvalue weighted by molar-refractivity contribution is 7.88. The number of aromatic nitrogens is 2. The second-order valence-electron chi connectivity index (χ2n) is 5.36. The van der Waals surface area contributed by atoms with Gasteiger partial charge in [0.2, 0.25) is 10.0 Å². The van der Waals surface area contributed by atoms with Gasteiger partial charge in [-0.2, -0.15) is 0 Å². The molecule has 2 aromatic heterocycles. The number of sulfonamides is 1. The molecule has 0 amide bonds. The normalized spacial score (nSPS) is 11.7. The first-order valence-corrected chi connectivity index (χ1v) is 8.99. The number of carbonyl (C=O) groups is 1. The van der Waals surface area contributed by atoms with Gasteiger partial charge in [-0.25, -0.2) is 22.5 Å². The first kappa shape index (κ1) is 16.9. The fraction of sp³-hybridized carbons (Fsp3) is 0.133. The minimum atomic E-state index is -3.40. The van der Waals surface area contributed by atoms with Crippen molar-refractivity contribution in [2.75, 3.05) is 12.0 Å². The number of benzene rings is 1. The highest BCUT2D eigenvalue weighted by Crippen LogP contribution is 2.17. The fourth-order valence-corrected chi connectivity index (χ4v) is 2.68. The molecule has 3 rings (SSSR count). The second-order valence-corrected chi connectivity index (χ2v) is 7.20. The van der Waals surface area contributed by atoms with Crippen LogP contribution in [0, 0.1) is 0 Å². The Kier molecular flexibility index (Phi) is 4.15. The minimum Gasteiger partial charge on any atom is -0.407 e. The number of nitrogen functional groups attached to an aromatic ring is 1. The molecule has 10 heteroatoms. The van der Waals surface area contributed by atoms with Gasteiger partial charge in [-0.05, 0) is 24.3 Å². The number of fused-ring (bicyclic) bond motifs is 1. The second kappa shape index (κ2) is 6.15. The zero-order chi connectivity index (χ0) is 18.2. The average molecular weight is 362 g/mol. The van der Waals surface area contributed by atoms with E-state index in [0.29, 0.717) is 11.4 Å². The molecule has 0 bridgehead atoms. The zero-order valence-corrected chi connectivity index (χ0v) is 13.9. The van der Waals surface area contributed by atoms with Crippen LogP contribution in [-0.2, 0) is 16.6 Å². The van der Waals surface area contributed by atoms with Crippen LogP contribution in [-0.4, -0.2) is 30.1 Å². The van der Waals surface area contributed by atoms with E-state index in [9.17, 15) is 18.0 Å². The fourth-order valence-electron chi connectivity index (χ4n) is 2.27. The molecule has 0 aliphatic heterocycles. The predicted molar refractivity (Wildman–Crippen MR) is 90.5 cm³/mol. The average Bonchev–Trinajstić information content (AvgIpc) is 2.86. The maximum Gasteiger partial charge on any atom is 0.427 e. The van der Waals surface area contributed by atoms with E-state index in [-0.39, 0.29) is 23.2 Å². The molecule has 0 saturated heterocycles. The molecule has 0 saturated carbocycles. The van der Waals surface area contributed by atoms with Crippen molar-refractivity contribution >= 4 is 32.7 Å². The van der Waals surface area contributed by atoms with Crippen LogP contribution in [0.25, 0.3) is 11.1 Å². The van der Waals surface area contributed by atoms with Gasteiger partial charge in [0.15, 0.2) is 5.58 Å². The summed E-state index contributed by atoms with van der Waals surface area (Å²) in [5.41, 5.74) is 7.03. The summed E-state index contributed by atoms with van der Waals surface area (Å²) in [6.07, 6.45) is 2.38. The summed E-state index contributed by atoms with van der Waals surface area (Å²) < 4.78 is 30.5. The molecule has 0 fully saturated rings. The molecular weight excluding hydrogens is 348 g/mol. The molecule has 0 aliphatic carbocycles. The summed E-state index contributed by atoms with van der Waals surface area (Å²) >= 11 is 0. The SMILES string of the molecule is CS(=O)(=O)NCc1cc(C(=O)n2c(=O)oc3cc(N)ccc32)ccn1. The number of nitrogens with two attached hydrogens (primary N) is 1. The molecule has 2 heterocycles. The molecule has 9 nitrogen and oxygen atoms in total. The van der Waals surface area contributed by atoms with Crippen molar-refractivity contribution in [2.24, 2.45) is 0 Å². The van der Waals surface area contributed by atoms with Crippen molar-refractivity contribution in [3.63, 3.8) is 0 Å². The molecule has 0 unspecified atom stereocenters. The lowest BCUT2D eigenvalue weighted by atomic mass is 10.2. The number of nitrogens with one attached hydrogen (secondary N) is 1. The number of pyridine rings is 1. The van der Waals surface area contributed by atoms with E-state index in [1.165, 1.54) is 30.5 Å². The highest BCUT2D eigenvalue weighted by Gasteiger charge is 2.18. The Labute approximate surface area is 142 Å². The van der Waals surface area contributed by atoms with E-state index < -0.39 is 21.7 Å². The third-order valence-corrected chi connectivity index (χ3v) is 4.06. The van der Waals surface area contributed by atoms with Crippen LogP contribution in [0.3, 0.4) is 0 Å². The van der Waals surface area contributed by atoms with Crippen LogP contribution in [0.2, 0.25) is 0 Å². The van der Waals surface area contributed by atoms with Gasteiger partial charge in [-0.3, -0.25) is 9.78 Å². The molecule has 0 aliphatic rings. The Morgan fingerprint density at radius 1 is 1.32 bits per heavy atom. The maximum absolute atomic E-state index is 12.7. The number of rotatable bonds is 4. The number of hydrogen-bond donors (Lipinski definition) is 2. The third kappa shape index (κ3) is 3.59. The first-order valence-electron chi connectivity index (χ1n) is 7.10.